The minimum absolute atomic E-state index is 0.235. The van der Waals surface area contributed by atoms with E-state index in [1.165, 1.54) is 0 Å². The van der Waals surface area contributed by atoms with Gasteiger partial charge in [-0.3, -0.25) is 0 Å². The normalized spacial score (nSPS) is 23.6. The zero-order chi connectivity index (χ0) is 14.6. The molecule has 2 atom stereocenters. The third kappa shape index (κ3) is 3.88. The molecule has 5 heteroatoms. The van der Waals surface area contributed by atoms with Crippen LogP contribution in [0.5, 0.6) is 5.75 Å². The minimum atomic E-state index is -4.10. The zero-order valence-electron chi connectivity index (χ0n) is 11.5. The van der Waals surface area contributed by atoms with E-state index in [9.17, 15) is 13.2 Å². The number of halogens is 3. The first-order valence-corrected chi connectivity index (χ1v) is 6.93. The van der Waals surface area contributed by atoms with Crippen LogP contribution in [-0.2, 0) is 6.54 Å². The molecule has 0 radical (unpaired) electrons. The molecule has 1 saturated carbocycles. The summed E-state index contributed by atoms with van der Waals surface area (Å²) >= 11 is 0. The number of hydrogen-bond acceptors (Lipinski definition) is 2. The van der Waals surface area contributed by atoms with Gasteiger partial charge in [0.05, 0.1) is 13.0 Å². The smallest absolute Gasteiger partial charge is 0.393 e. The van der Waals surface area contributed by atoms with Crippen molar-refractivity contribution in [2.24, 2.45) is 5.92 Å². The molecule has 1 aliphatic carbocycles. The molecule has 0 aromatic heterocycles. The summed E-state index contributed by atoms with van der Waals surface area (Å²) < 4.78 is 44.0. The Kier molecular flexibility index (Phi) is 4.91. The highest BCUT2D eigenvalue weighted by molar-refractivity contribution is 5.28. The first kappa shape index (κ1) is 15.2. The summed E-state index contributed by atoms with van der Waals surface area (Å²) in [5, 5.41) is 3.07. The van der Waals surface area contributed by atoms with Crippen LogP contribution >= 0.6 is 0 Å². The molecule has 2 rings (SSSR count). The van der Waals surface area contributed by atoms with Crippen LogP contribution in [0.3, 0.4) is 0 Å². The van der Waals surface area contributed by atoms with Crippen LogP contribution in [0.25, 0.3) is 0 Å². The van der Waals surface area contributed by atoms with Crippen molar-refractivity contribution in [3.63, 3.8) is 0 Å². The highest BCUT2D eigenvalue weighted by Crippen LogP contribution is 2.37. The van der Waals surface area contributed by atoms with Crippen molar-refractivity contribution in [1.82, 2.24) is 5.32 Å². The maximum Gasteiger partial charge on any atom is 0.393 e. The van der Waals surface area contributed by atoms with E-state index >= 15 is 0 Å². The molecule has 1 aliphatic rings. The highest BCUT2D eigenvalue weighted by Gasteiger charge is 2.45. The Hall–Kier alpha value is -1.23. The second kappa shape index (κ2) is 6.48. The Morgan fingerprint density at radius 3 is 2.70 bits per heavy atom. The van der Waals surface area contributed by atoms with Crippen LogP contribution in [0.2, 0.25) is 0 Å². The van der Waals surface area contributed by atoms with E-state index in [4.69, 9.17) is 4.74 Å². The van der Waals surface area contributed by atoms with Crippen LogP contribution in [0.4, 0.5) is 13.2 Å². The lowest BCUT2D eigenvalue weighted by Gasteiger charge is -2.33. The second-order valence-corrected chi connectivity index (χ2v) is 5.27. The maximum atomic E-state index is 13.0. The number of methoxy groups -OCH3 is 1. The second-order valence-electron chi connectivity index (χ2n) is 5.27. The monoisotopic (exact) mass is 287 g/mol. The van der Waals surface area contributed by atoms with Gasteiger partial charge in [-0.15, -0.1) is 0 Å². The van der Waals surface area contributed by atoms with Crippen molar-refractivity contribution < 1.29 is 17.9 Å². The molecule has 1 aromatic rings. The SMILES string of the molecule is COc1cccc(CNC2CCCCC2C(F)(F)F)c1. The molecule has 1 fully saturated rings. The van der Waals surface area contributed by atoms with Gasteiger partial charge in [-0.25, -0.2) is 0 Å². The van der Waals surface area contributed by atoms with Gasteiger partial charge in [-0.2, -0.15) is 13.2 Å². The molecule has 0 heterocycles. The van der Waals surface area contributed by atoms with Crippen LogP contribution in [-0.4, -0.2) is 19.3 Å². The van der Waals surface area contributed by atoms with Crippen molar-refractivity contribution in [3.8, 4) is 5.75 Å². The summed E-state index contributed by atoms with van der Waals surface area (Å²) in [6.07, 6.45) is -1.75. The summed E-state index contributed by atoms with van der Waals surface area (Å²) in [4.78, 5) is 0. The average Bonchev–Trinajstić information content (AvgIpc) is 2.44. The molecule has 0 spiro atoms. The molecular weight excluding hydrogens is 267 g/mol. The van der Waals surface area contributed by atoms with Gasteiger partial charge in [0.15, 0.2) is 0 Å². The molecule has 0 aliphatic heterocycles. The van der Waals surface area contributed by atoms with Crippen molar-refractivity contribution in [2.75, 3.05) is 7.11 Å². The molecule has 2 unspecified atom stereocenters. The molecule has 0 saturated heterocycles. The molecule has 2 nitrogen and oxygen atoms in total. The van der Waals surface area contributed by atoms with Gasteiger partial charge in [-0.1, -0.05) is 25.0 Å². The van der Waals surface area contributed by atoms with Gasteiger partial charge in [-0.05, 0) is 30.5 Å². The molecule has 1 N–H and O–H groups in total. The fourth-order valence-corrected chi connectivity index (χ4v) is 2.80. The molecule has 112 valence electrons. The summed E-state index contributed by atoms with van der Waals surface area (Å²) in [5.41, 5.74) is 0.941. The van der Waals surface area contributed by atoms with E-state index in [1.807, 2.05) is 24.3 Å². The first-order valence-electron chi connectivity index (χ1n) is 6.93. The zero-order valence-corrected chi connectivity index (χ0v) is 11.5. The van der Waals surface area contributed by atoms with Gasteiger partial charge >= 0.3 is 6.18 Å². The lowest BCUT2D eigenvalue weighted by Crippen LogP contribution is -2.45. The van der Waals surface area contributed by atoms with Gasteiger partial charge in [0, 0.05) is 12.6 Å². The van der Waals surface area contributed by atoms with Gasteiger partial charge < -0.3 is 10.1 Å². The van der Waals surface area contributed by atoms with E-state index < -0.39 is 18.1 Å². The lowest BCUT2D eigenvalue weighted by atomic mass is 9.84. The fourth-order valence-electron chi connectivity index (χ4n) is 2.80. The Labute approximate surface area is 117 Å². The van der Waals surface area contributed by atoms with Crippen molar-refractivity contribution in [1.29, 1.82) is 0 Å². The number of benzene rings is 1. The van der Waals surface area contributed by atoms with Gasteiger partial charge in [0.2, 0.25) is 0 Å². The summed E-state index contributed by atoms with van der Waals surface area (Å²) in [6, 6.07) is 6.93. The van der Waals surface area contributed by atoms with E-state index in [2.05, 4.69) is 5.32 Å². The van der Waals surface area contributed by atoms with E-state index in [-0.39, 0.29) is 6.42 Å². The molecule has 0 amide bonds. The fraction of sp³-hybridized carbons (Fsp3) is 0.600. The Morgan fingerprint density at radius 1 is 1.25 bits per heavy atom. The van der Waals surface area contributed by atoms with E-state index in [0.717, 1.165) is 17.7 Å². The van der Waals surface area contributed by atoms with Crippen molar-refractivity contribution in [2.45, 2.75) is 44.4 Å². The largest absolute Gasteiger partial charge is 0.497 e. The van der Waals surface area contributed by atoms with Crippen LogP contribution < -0.4 is 10.1 Å². The topological polar surface area (TPSA) is 21.3 Å². The quantitative estimate of drug-likeness (QED) is 0.906. The highest BCUT2D eigenvalue weighted by atomic mass is 19.4. The van der Waals surface area contributed by atoms with E-state index in [1.54, 1.807) is 7.11 Å². The molecule has 20 heavy (non-hydrogen) atoms. The third-order valence-electron chi connectivity index (χ3n) is 3.89. The van der Waals surface area contributed by atoms with Crippen molar-refractivity contribution in [3.05, 3.63) is 29.8 Å². The van der Waals surface area contributed by atoms with Crippen LogP contribution in [0.1, 0.15) is 31.2 Å². The Balaban J connectivity index is 1.97. The van der Waals surface area contributed by atoms with E-state index in [0.29, 0.717) is 19.4 Å². The number of nitrogens with one attached hydrogen (secondary N) is 1. The number of alkyl halides is 3. The Bertz CT molecular complexity index is 433. The minimum Gasteiger partial charge on any atom is -0.497 e. The van der Waals surface area contributed by atoms with Crippen LogP contribution in [0.15, 0.2) is 24.3 Å². The van der Waals surface area contributed by atoms with Crippen LogP contribution in [0, 0.1) is 5.92 Å². The predicted molar refractivity (Wildman–Crippen MR) is 71.6 cm³/mol. The first-order chi connectivity index (χ1) is 9.50. The summed E-state index contributed by atoms with van der Waals surface area (Å²) in [7, 11) is 1.58. The molecule has 0 bridgehead atoms. The Morgan fingerprint density at radius 2 is 2.00 bits per heavy atom. The molecule has 1 aromatic carbocycles. The van der Waals surface area contributed by atoms with Gasteiger partial charge in [0.1, 0.15) is 5.75 Å². The summed E-state index contributed by atoms with van der Waals surface area (Å²) in [5.74, 6) is -0.498. The molecular formula is C15H20F3NO. The maximum absolute atomic E-state index is 13.0. The number of hydrogen-bond donors (Lipinski definition) is 1. The number of ether oxygens (including phenoxy) is 1. The summed E-state index contributed by atoms with van der Waals surface area (Å²) in [6.45, 7) is 0.439. The lowest BCUT2D eigenvalue weighted by molar-refractivity contribution is -0.189. The number of rotatable bonds is 4. The third-order valence-corrected chi connectivity index (χ3v) is 3.89. The standard InChI is InChI=1S/C15H20F3NO/c1-20-12-6-4-5-11(9-12)10-19-14-8-3-2-7-13(14)15(16,17)18/h4-6,9,13-14,19H,2-3,7-8,10H2,1H3. The predicted octanol–water partition coefficient (Wildman–Crippen LogP) is 3.91. The average molecular weight is 287 g/mol. The van der Waals surface area contributed by atoms with Crippen molar-refractivity contribution >= 4 is 0 Å². The van der Waals surface area contributed by atoms with Gasteiger partial charge in [0.25, 0.3) is 0 Å².